The minimum Gasteiger partial charge on any atom is -0.232 e. The summed E-state index contributed by atoms with van der Waals surface area (Å²) in [6.07, 6.45) is -10.9. The molecule has 0 saturated carbocycles. The minimum atomic E-state index is -6.29. The Kier molecular flexibility index (Phi) is 4.49. The maximum Gasteiger partial charge on any atom is 0.492 e. The predicted octanol–water partition coefficient (Wildman–Crippen LogP) is 3.84. The molecule has 0 spiro atoms. The molecule has 0 aromatic rings. The molecule has 0 aliphatic heterocycles. The number of rotatable bonds is 4. The highest BCUT2D eigenvalue weighted by Crippen LogP contribution is 2.42. The van der Waals surface area contributed by atoms with Crippen molar-refractivity contribution in [3.8, 4) is 0 Å². The fourth-order valence-corrected chi connectivity index (χ4v) is 0.807. The molecule has 0 rings (SSSR count). The van der Waals surface area contributed by atoms with Gasteiger partial charge >= 0.3 is 18.3 Å². The third-order valence-corrected chi connectivity index (χ3v) is 1.52. The average molecular weight is 275 g/mol. The Morgan fingerprint density at radius 3 is 1.71 bits per heavy atom. The molecule has 1 atom stereocenters. The van der Waals surface area contributed by atoms with Crippen LogP contribution in [0.4, 0.5) is 39.6 Å². The van der Waals surface area contributed by atoms with Crippen molar-refractivity contribution in [1.29, 1.82) is 0 Å². The summed E-state index contributed by atoms with van der Waals surface area (Å²) in [4.78, 5) is 0. The molecule has 17 heavy (non-hydrogen) atoms. The third-order valence-electron chi connectivity index (χ3n) is 1.52. The Morgan fingerprint density at radius 1 is 1.00 bits per heavy atom. The standard InChI is InChI=1S/C7H6F9N/c1-2-3-5(9,10)4(8)6(11,12)17(16)7(13,14)15/h2-4H,1H3/b3-2-. The lowest BCUT2D eigenvalue weighted by Gasteiger charge is -2.29. The van der Waals surface area contributed by atoms with Crippen LogP contribution in [0.2, 0.25) is 0 Å². The van der Waals surface area contributed by atoms with E-state index >= 15 is 0 Å². The molecule has 0 aliphatic rings. The summed E-state index contributed by atoms with van der Waals surface area (Å²) in [5.41, 5.74) is 0. The van der Waals surface area contributed by atoms with Gasteiger partial charge in [0.1, 0.15) is 0 Å². The Bertz CT molecular complexity index is 282. The molecular weight excluding hydrogens is 269 g/mol. The first-order valence-corrected chi connectivity index (χ1v) is 3.93. The first kappa shape index (κ1) is 16.1. The Hall–Kier alpha value is -0.930. The van der Waals surface area contributed by atoms with Gasteiger partial charge < -0.3 is 0 Å². The highest BCUT2D eigenvalue weighted by atomic mass is 19.4. The molecule has 0 bridgehead atoms. The largest absolute Gasteiger partial charge is 0.492 e. The molecule has 0 amide bonds. The van der Waals surface area contributed by atoms with E-state index in [0.717, 1.165) is 6.92 Å². The summed E-state index contributed by atoms with van der Waals surface area (Å²) in [5.74, 6) is -4.94. The molecule has 0 fully saturated rings. The SMILES string of the molecule is C/C=C\C(F)(F)C(F)C(F)(F)N(F)C(F)(F)F. The second-order valence-corrected chi connectivity index (χ2v) is 2.87. The first-order chi connectivity index (χ1) is 7.37. The average Bonchev–Trinajstić information content (AvgIpc) is 2.13. The molecule has 1 unspecified atom stereocenters. The molecule has 0 aliphatic carbocycles. The zero-order valence-electron chi connectivity index (χ0n) is 8.08. The van der Waals surface area contributed by atoms with E-state index in [1.807, 2.05) is 0 Å². The fourth-order valence-electron chi connectivity index (χ4n) is 0.807. The molecule has 102 valence electrons. The monoisotopic (exact) mass is 275 g/mol. The maximum absolute atomic E-state index is 12.6. The van der Waals surface area contributed by atoms with E-state index in [4.69, 9.17) is 0 Å². The minimum absolute atomic E-state index is 0.393. The van der Waals surface area contributed by atoms with Gasteiger partial charge in [0, 0.05) is 5.12 Å². The summed E-state index contributed by atoms with van der Waals surface area (Å²) >= 11 is 0. The van der Waals surface area contributed by atoms with Gasteiger partial charge in [0.15, 0.2) is 0 Å². The van der Waals surface area contributed by atoms with Crippen molar-refractivity contribution in [2.75, 3.05) is 0 Å². The summed E-state index contributed by atoms with van der Waals surface area (Å²) in [6.45, 7) is 0.899. The van der Waals surface area contributed by atoms with E-state index < -0.39 is 35.6 Å². The van der Waals surface area contributed by atoms with Gasteiger partial charge in [0.05, 0.1) is 0 Å². The van der Waals surface area contributed by atoms with Crippen LogP contribution >= 0.6 is 0 Å². The lowest BCUT2D eigenvalue weighted by molar-refractivity contribution is -0.419. The molecule has 0 aromatic heterocycles. The van der Waals surface area contributed by atoms with E-state index in [1.54, 1.807) is 0 Å². The van der Waals surface area contributed by atoms with E-state index in [-0.39, 0.29) is 0 Å². The fraction of sp³-hybridized carbons (Fsp3) is 0.714. The van der Waals surface area contributed by atoms with Crippen LogP contribution in [0.1, 0.15) is 6.92 Å². The van der Waals surface area contributed by atoms with Gasteiger partial charge in [-0.3, -0.25) is 0 Å². The van der Waals surface area contributed by atoms with Crippen LogP contribution in [-0.4, -0.2) is 29.6 Å². The van der Waals surface area contributed by atoms with Gasteiger partial charge in [-0.15, -0.1) is 4.48 Å². The lowest BCUT2D eigenvalue weighted by atomic mass is 10.1. The van der Waals surface area contributed by atoms with Crippen molar-refractivity contribution in [3.05, 3.63) is 12.2 Å². The summed E-state index contributed by atoms with van der Waals surface area (Å²) in [7, 11) is 0. The number of hydrogen-bond acceptors (Lipinski definition) is 1. The molecule has 0 heterocycles. The van der Waals surface area contributed by atoms with Gasteiger partial charge in [-0.2, -0.15) is 30.7 Å². The van der Waals surface area contributed by atoms with Gasteiger partial charge in [-0.1, -0.05) is 6.08 Å². The van der Waals surface area contributed by atoms with Gasteiger partial charge in [0.2, 0.25) is 6.17 Å². The van der Waals surface area contributed by atoms with Gasteiger partial charge in [0.25, 0.3) is 0 Å². The van der Waals surface area contributed by atoms with E-state index in [0.29, 0.717) is 6.08 Å². The van der Waals surface area contributed by atoms with Gasteiger partial charge in [-0.05, 0) is 13.0 Å². The van der Waals surface area contributed by atoms with Crippen LogP contribution in [0.15, 0.2) is 12.2 Å². The van der Waals surface area contributed by atoms with Crippen LogP contribution < -0.4 is 0 Å². The Balaban J connectivity index is 5.19. The highest BCUT2D eigenvalue weighted by Gasteiger charge is 2.65. The smallest absolute Gasteiger partial charge is 0.232 e. The topological polar surface area (TPSA) is 3.24 Å². The van der Waals surface area contributed by atoms with Crippen LogP contribution in [0.5, 0.6) is 0 Å². The van der Waals surface area contributed by atoms with Crippen molar-refractivity contribution in [3.63, 3.8) is 0 Å². The summed E-state index contributed by atoms with van der Waals surface area (Å²) in [6, 6.07) is -6.04. The Morgan fingerprint density at radius 2 is 1.41 bits per heavy atom. The van der Waals surface area contributed by atoms with Crippen molar-refractivity contribution < 1.29 is 39.6 Å². The van der Waals surface area contributed by atoms with Crippen LogP contribution in [0, 0.1) is 0 Å². The third kappa shape index (κ3) is 3.51. The summed E-state index contributed by atoms with van der Waals surface area (Å²) in [5, 5.41) is -3.19. The molecule has 1 nitrogen and oxygen atoms in total. The highest BCUT2D eigenvalue weighted by molar-refractivity contribution is 5.01. The van der Waals surface area contributed by atoms with Crippen LogP contribution in [-0.2, 0) is 0 Å². The second kappa shape index (κ2) is 4.75. The van der Waals surface area contributed by atoms with Gasteiger partial charge in [-0.25, -0.2) is 4.39 Å². The number of allylic oxidation sites excluding steroid dienone is 2. The predicted molar refractivity (Wildman–Crippen MR) is 38.6 cm³/mol. The molecule has 10 heteroatoms. The zero-order chi connectivity index (χ0) is 14.1. The summed E-state index contributed by atoms with van der Waals surface area (Å²) < 4.78 is 109. The first-order valence-electron chi connectivity index (χ1n) is 3.93. The number of nitrogens with zero attached hydrogens (tertiary/aromatic N) is 1. The molecular formula is C7H6F9N. The van der Waals surface area contributed by atoms with Crippen molar-refractivity contribution in [2.45, 2.75) is 31.4 Å². The van der Waals surface area contributed by atoms with Crippen LogP contribution in [0.25, 0.3) is 0 Å². The van der Waals surface area contributed by atoms with Crippen molar-refractivity contribution >= 4 is 0 Å². The number of halogens is 9. The van der Waals surface area contributed by atoms with E-state index in [2.05, 4.69) is 0 Å². The molecule has 0 N–H and O–H groups in total. The van der Waals surface area contributed by atoms with Crippen molar-refractivity contribution in [1.82, 2.24) is 5.12 Å². The quantitative estimate of drug-likeness (QED) is 0.326. The molecule has 0 aromatic carbocycles. The van der Waals surface area contributed by atoms with E-state index in [1.165, 1.54) is 0 Å². The maximum atomic E-state index is 12.6. The van der Waals surface area contributed by atoms with Crippen LogP contribution in [0.3, 0.4) is 0 Å². The lowest BCUT2D eigenvalue weighted by Crippen LogP contribution is -2.55. The molecule has 0 saturated heterocycles. The van der Waals surface area contributed by atoms with E-state index in [9.17, 15) is 39.6 Å². The second-order valence-electron chi connectivity index (χ2n) is 2.87. The molecule has 0 radical (unpaired) electrons. The number of alkyl halides is 8. The normalized spacial score (nSPS) is 16.9. The zero-order valence-corrected chi connectivity index (χ0v) is 8.08. The van der Waals surface area contributed by atoms with Crippen molar-refractivity contribution in [2.24, 2.45) is 0 Å². The Labute approximate surface area is 89.4 Å². The number of hydrogen-bond donors (Lipinski definition) is 0.